The van der Waals surface area contributed by atoms with Crippen LogP contribution in [0.5, 0.6) is 0 Å². The van der Waals surface area contributed by atoms with Crippen molar-refractivity contribution in [2.24, 2.45) is 4.99 Å². The Balaban J connectivity index is 2.40. The van der Waals surface area contributed by atoms with E-state index in [9.17, 15) is 9.59 Å². The highest BCUT2D eigenvalue weighted by molar-refractivity contribution is 9.18. The fourth-order valence-corrected chi connectivity index (χ4v) is 2.86. The van der Waals surface area contributed by atoms with Crippen LogP contribution in [0, 0.1) is 0 Å². The van der Waals surface area contributed by atoms with Gasteiger partial charge in [0, 0.05) is 18.9 Å². The van der Waals surface area contributed by atoms with Crippen LogP contribution in [-0.2, 0) is 4.79 Å². The summed E-state index contributed by atoms with van der Waals surface area (Å²) in [5.74, 6) is 0.225. The van der Waals surface area contributed by atoms with E-state index in [1.165, 1.54) is 11.9 Å². The second-order valence-corrected chi connectivity index (χ2v) is 6.59. The summed E-state index contributed by atoms with van der Waals surface area (Å²) < 4.78 is 2.42. The summed E-state index contributed by atoms with van der Waals surface area (Å²) in [4.78, 5) is 31.0. The molecule has 2 heterocycles. The van der Waals surface area contributed by atoms with Gasteiger partial charge in [-0.2, -0.15) is 0 Å². The number of carbonyl (C=O) groups is 2. The maximum atomic E-state index is 12.2. The number of carbonyl (C=O) groups excluding carboxylic acids is 2. The molecule has 0 aromatic rings. The van der Waals surface area contributed by atoms with E-state index < -0.39 is 6.04 Å². The van der Waals surface area contributed by atoms with Crippen molar-refractivity contribution >= 4 is 54.4 Å². The summed E-state index contributed by atoms with van der Waals surface area (Å²) in [7, 11) is 3.11. The van der Waals surface area contributed by atoms with Crippen molar-refractivity contribution in [3.8, 4) is 0 Å². The zero-order valence-corrected chi connectivity index (χ0v) is 13.4. The van der Waals surface area contributed by atoms with E-state index in [4.69, 9.17) is 0 Å². The molecule has 0 saturated carbocycles. The van der Waals surface area contributed by atoms with Crippen molar-refractivity contribution in [1.29, 1.82) is 0 Å². The quantitative estimate of drug-likeness (QED) is 0.405. The number of urea groups is 1. The SMILES string of the molecule is CC(Br)C[N+]1=C(Br)N=C2C1C(=O)N(C)C(=O)N2C. The number of likely N-dealkylation sites (N-methyl/N-ethyl adjacent to an activating group) is 2. The van der Waals surface area contributed by atoms with E-state index in [0.717, 1.165) is 4.90 Å². The molecule has 2 atom stereocenters. The van der Waals surface area contributed by atoms with E-state index in [1.54, 1.807) is 7.05 Å². The van der Waals surface area contributed by atoms with Gasteiger partial charge in [0.1, 0.15) is 0 Å². The van der Waals surface area contributed by atoms with Gasteiger partial charge in [-0.1, -0.05) is 15.9 Å². The summed E-state index contributed by atoms with van der Waals surface area (Å²) in [6.45, 7) is 2.62. The first-order chi connectivity index (χ1) is 8.34. The van der Waals surface area contributed by atoms with Gasteiger partial charge >= 0.3 is 10.8 Å². The first kappa shape index (κ1) is 13.7. The lowest BCUT2D eigenvalue weighted by molar-refractivity contribution is -0.531. The van der Waals surface area contributed by atoms with Gasteiger partial charge in [0.05, 0.1) is 22.5 Å². The zero-order chi connectivity index (χ0) is 13.6. The molecule has 2 unspecified atom stereocenters. The highest BCUT2D eigenvalue weighted by Gasteiger charge is 2.52. The molecule has 0 N–H and O–H groups in total. The number of alkyl halides is 1. The highest BCUT2D eigenvalue weighted by atomic mass is 79.9. The van der Waals surface area contributed by atoms with Gasteiger partial charge in [0.15, 0.2) is 0 Å². The average molecular weight is 381 g/mol. The van der Waals surface area contributed by atoms with Crippen LogP contribution in [0.3, 0.4) is 0 Å². The number of amidine groups is 2. The van der Waals surface area contributed by atoms with E-state index in [0.29, 0.717) is 17.1 Å². The Labute approximate surface area is 122 Å². The molecule has 1 saturated heterocycles. The number of hydrogen-bond donors (Lipinski definition) is 0. The standard InChI is InChI=1S/C10H13Br2N4O2/c1-5(11)4-16-6-7(13-9(16)12)14(2)10(18)15(3)8(6)17/h5-6H,4H2,1-3H3/q+1. The topological polar surface area (TPSA) is 56.0 Å². The van der Waals surface area contributed by atoms with Crippen molar-refractivity contribution in [3.63, 3.8) is 0 Å². The Hall–Kier alpha value is -0.760. The number of fused-ring (bicyclic) bond motifs is 1. The van der Waals surface area contributed by atoms with E-state index >= 15 is 0 Å². The van der Waals surface area contributed by atoms with Crippen LogP contribution >= 0.6 is 31.9 Å². The summed E-state index contributed by atoms with van der Waals surface area (Å²) >= 11 is 6.80. The smallest absolute Gasteiger partial charge is 0.269 e. The highest BCUT2D eigenvalue weighted by Crippen LogP contribution is 2.21. The third-order valence-corrected chi connectivity index (χ3v) is 3.85. The van der Waals surface area contributed by atoms with Gasteiger partial charge < -0.3 is 0 Å². The number of rotatable bonds is 2. The van der Waals surface area contributed by atoms with Crippen molar-refractivity contribution in [1.82, 2.24) is 9.80 Å². The van der Waals surface area contributed by atoms with E-state index in [1.807, 2.05) is 11.5 Å². The van der Waals surface area contributed by atoms with Gasteiger partial charge in [0.2, 0.25) is 0 Å². The second-order valence-electron chi connectivity index (χ2n) is 4.31. The fourth-order valence-electron chi connectivity index (χ4n) is 2.02. The zero-order valence-electron chi connectivity index (χ0n) is 10.2. The minimum absolute atomic E-state index is 0.209. The number of aliphatic imine (C=N–C) groups is 1. The molecule has 98 valence electrons. The molecule has 3 amide bonds. The number of nitrogens with zero attached hydrogens (tertiary/aromatic N) is 4. The number of hydrogen-bond acceptors (Lipinski definition) is 3. The lowest BCUT2D eigenvalue weighted by atomic mass is 10.1. The van der Waals surface area contributed by atoms with Crippen molar-refractivity contribution in [3.05, 3.63) is 0 Å². The monoisotopic (exact) mass is 379 g/mol. The first-order valence-corrected chi connectivity index (χ1v) is 7.12. The molecular formula is C10H13Br2N4O2+. The van der Waals surface area contributed by atoms with Crippen molar-refractivity contribution < 1.29 is 14.2 Å². The van der Waals surface area contributed by atoms with E-state index in [2.05, 4.69) is 36.9 Å². The van der Waals surface area contributed by atoms with Gasteiger partial charge in [-0.15, -0.1) is 0 Å². The molecule has 2 aliphatic heterocycles. The molecule has 2 rings (SSSR count). The lowest BCUT2D eigenvalue weighted by Gasteiger charge is -2.30. The molecule has 0 bridgehead atoms. The number of imide groups is 1. The van der Waals surface area contributed by atoms with Crippen LogP contribution in [0.4, 0.5) is 4.79 Å². The van der Waals surface area contributed by atoms with Crippen LogP contribution in [0.2, 0.25) is 0 Å². The van der Waals surface area contributed by atoms with Crippen LogP contribution in [-0.4, -0.2) is 68.4 Å². The van der Waals surface area contributed by atoms with Crippen molar-refractivity contribution in [2.75, 3.05) is 20.6 Å². The van der Waals surface area contributed by atoms with Crippen LogP contribution in [0.15, 0.2) is 4.99 Å². The normalized spacial score (nSPS) is 25.6. The minimum atomic E-state index is -0.521. The Kier molecular flexibility index (Phi) is 3.59. The van der Waals surface area contributed by atoms with Gasteiger partial charge in [-0.25, -0.2) is 9.37 Å². The molecule has 8 heteroatoms. The lowest BCUT2D eigenvalue weighted by Crippen LogP contribution is -2.61. The first-order valence-electron chi connectivity index (χ1n) is 5.41. The van der Waals surface area contributed by atoms with Crippen molar-refractivity contribution in [2.45, 2.75) is 17.8 Å². The number of halogens is 2. The van der Waals surface area contributed by atoms with Gasteiger partial charge in [-0.05, 0) is 11.9 Å². The predicted molar refractivity (Wildman–Crippen MR) is 74.6 cm³/mol. The summed E-state index contributed by atoms with van der Waals surface area (Å²) in [6.07, 6.45) is 0. The van der Waals surface area contributed by atoms with E-state index in [-0.39, 0.29) is 16.8 Å². The molecule has 0 radical (unpaired) electrons. The molecule has 0 aliphatic carbocycles. The summed E-state index contributed by atoms with van der Waals surface area (Å²) in [5, 5.41) is 0. The summed E-state index contributed by atoms with van der Waals surface area (Å²) in [6, 6.07) is -0.879. The van der Waals surface area contributed by atoms with Crippen LogP contribution in [0.25, 0.3) is 0 Å². The third-order valence-electron chi connectivity index (χ3n) is 2.93. The maximum absolute atomic E-state index is 12.2. The molecule has 0 aromatic carbocycles. The maximum Gasteiger partial charge on any atom is 0.364 e. The Morgan fingerprint density at radius 2 is 2.00 bits per heavy atom. The Morgan fingerprint density at radius 3 is 2.56 bits per heavy atom. The summed E-state index contributed by atoms with van der Waals surface area (Å²) in [5.41, 5.74) is 0. The number of amides is 3. The molecular weight excluding hydrogens is 368 g/mol. The Morgan fingerprint density at radius 1 is 1.39 bits per heavy atom. The van der Waals surface area contributed by atoms with Crippen LogP contribution < -0.4 is 0 Å². The second kappa shape index (κ2) is 4.73. The molecule has 6 nitrogen and oxygen atoms in total. The van der Waals surface area contributed by atoms with Crippen LogP contribution in [0.1, 0.15) is 6.92 Å². The molecule has 2 aliphatic rings. The molecule has 0 aromatic heterocycles. The predicted octanol–water partition coefficient (Wildman–Crippen LogP) is 0.838. The van der Waals surface area contributed by atoms with Gasteiger partial charge in [-0.3, -0.25) is 14.6 Å². The molecule has 1 fully saturated rings. The Bertz CT molecular complexity index is 486. The fraction of sp³-hybridized carbons (Fsp3) is 0.600. The molecule has 18 heavy (non-hydrogen) atoms. The largest absolute Gasteiger partial charge is 0.364 e. The third kappa shape index (κ3) is 2.01. The molecule has 0 spiro atoms. The van der Waals surface area contributed by atoms with Gasteiger partial charge in [0.25, 0.3) is 17.8 Å². The minimum Gasteiger partial charge on any atom is -0.269 e. The average Bonchev–Trinajstić information content (AvgIpc) is 2.61.